The molecule has 2 heterocycles. The van der Waals surface area contributed by atoms with Crippen molar-refractivity contribution in [1.29, 1.82) is 0 Å². The highest BCUT2D eigenvalue weighted by atomic mass is 32.1. The Morgan fingerprint density at radius 1 is 1.08 bits per heavy atom. The molecule has 0 radical (unpaired) electrons. The number of fused-ring (bicyclic) bond motifs is 1. The number of hydrogen-bond donors (Lipinski definition) is 0. The molecule has 0 saturated carbocycles. The van der Waals surface area contributed by atoms with Gasteiger partial charge in [-0.1, -0.05) is 35.6 Å². The van der Waals surface area contributed by atoms with Gasteiger partial charge in [0.15, 0.2) is 0 Å². The predicted octanol–water partition coefficient (Wildman–Crippen LogP) is 3.79. The van der Waals surface area contributed by atoms with E-state index in [0.717, 1.165) is 32.6 Å². The molecule has 5 nitrogen and oxygen atoms in total. The molecule has 0 N–H and O–H groups in total. The lowest BCUT2D eigenvalue weighted by Crippen LogP contribution is -2.18. The molecule has 0 spiro atoms. The third-order valence-corrected chi connectivity index (χ3v) is 5.35. The summed E-state index contributed by atoms with van der Waals surface area (Å²) in [5.41, 5.74) is 3.13. The maximum atomic E-state index is 13.0. The summed E-state index contributed by atoms with van der Waals surface area (Å²) in [6.45, 7) is 0.649. The van der Waals surface area contributed by atoms with Crippen LogP contribution < -0.4 is 4.90 Å². The molecular formula is C19H18FN5S. The van der Waals surface area contributed by atoms with Crippen LogP contribution in [0.4, 0.5) is 9.52 Å². The van der Waals surface area contributed by atoms with Crippen molar-refractivity contribution in [3.63, 3.8) is 0 Å². The van der Waals surface area contributed by atoms with Crippen molar-refractivity contribution < 1.29 is 4.39 Å². The summed E-state index contributed by atoms with van der Waals surface area (Å²) in [6.07, 6.45) is 0.651. The van der Waals surface area contributed by atoms with Crippen molar-refractivity contribution in [2.24, 2.45) is 7.05 Å². The smallest absolute Gasteiger partial charge is 0.208 e. The van der Waals surface area contributed by atoms with E-state index in [1.165, 1.54) is 12.1 Å². The summed E-state index contributed by atoms with van der Waals surface area (Å²) in [7, 11) is 4.01. The monoisotopic (exact) mass is 367 g/mol. The summed E-state index contributed by atoms with van der Waals surface area (Å²) < 4.78 is 15.1. The highest BCUT2D eigenvalue weighted by molar-refractivity contribution is 7.15. The zero-order chi connectivity index (χ0) is 18.1. The molecule has 0 fully saturated rings. The lowest BCUT2D eigenvalue weighted by Gasteiger charge is -2.14. The van der Waals surface area contributed by atoms with E-state index in [9.17, 15) is 4.39 Å². The summed E-state index contributed by atoms with van der Waals surface area (Å²) in [5, 5.41) is 10.3. The van der Waals surface area contributed by atoms with Crippen LogP contribution in [0.3, 0.4) is 0 Å². The van der Waals surface area contributed by atoms with E-state index in [2.05, 4.69) is 20.8 Å². The fraction of sp³-hybridized carbons (Fsp3) is 0.211. The Balaban J connectivity index is 1.49. The number of halogens is 1. The number of para-hydroxylation sites is 2. The van der Waals surface area contributed by atoms with Crippen LogP contribution >= 0.6 is 11.3 Å². The van der Waals surface area contributed by atoms with Crippen LogP contribution in [-0.4, -0.2) is 26.8 Å². The molecule has 0 aliphatic rings. The van der Waals surface area contributed by atoms with Crippen molar-refractivity contribution >= 4 is 27.5 Å². The average Bonchev–Trinajstić information content (AvgIpc) is 3.23. The standard InChI is InChI=1S/C19H18FN5S/c1-24(12-17-21-15-5-3-4-6-16(15)25(17)2)19-23-22-18(26-19)11-13-7-9-14(20)10-8-13/h3-10H,11-12H2,1-2H3. The van der Waals surface area contributed by atoms with Gasteiger partial charge in [0, 0.05) is 20.5 Å². The number of imidazole rings is 1. The van der Waals surface area contributed by atoms with Crippen LogP contribution in [-0.2, 0) is 20.0 Å². The number of aryl methyl sites for hydroxylation is 1. The van der Waals surface area contributed by atoms with Gasteiger partial charge >= 0.3 is 0 Å². The Morgan fingerprint density at radius 2 is 1.85 bits per heavy atom. The molecule has 4 rings (SSSR count). The normalized spacial score (nSPS) is 11.2. The maximum Gasteiger partial charge on any atom is 0.208 e. The van der Waals surface area contributed by atoms with E-state index in [4.69, 9.17) is 4.98 Å². The molecule has 0 aliphatic carbocycles. The molecule has 0 atom stereocenters. The zero-order valence-corrected chi connectivity index (χ0v) is 15.4. The first-order chi connectivity index (χ1) is 12.6. The molecule has 4 aromatic rings. The van der Waals surface area contributed by atoms with Gasteiger partial charge in [-0.2, -0.15) is 0 Å². The van der Waals surface area contributed by atoms with Crippen LogP contribution in [0.1, 0.15) is 16.4 Å². The third-order valence-electron chi connectivity index (χ3n) is 4.31. The Kier molecular flexibility index (Phi) is 4.38. The SMILES string of the molecule is CN(Cc1nc2ccccc2n1C)c1nnc(Cc2ccc(F)cc2)s1. The van der Waals surface area contributed by atoms with Gasteiger partial charge in [0.25, 0.3) is 0 Å². The summed E-state index contributed by atoms with van der Waals surface area (Å²) >= 11 is 1.54. The van der Waals surface area contributed by atoms with E-state index >= 15 is 0 Å². The number of aromatic nitrogens is 4. The third kappa shape index (κ3) is 3.30. The number of benzene rings is 2. The second-order valence-corrected chi connectivity index (χ2v) is 7.25. The van der Waals surface area contributed by atoms with Crippen LogP contribution in [0.15, 0.2) is 48.5 Å². The summed E-state index contributed by atoms with van der Waals surface area (Å²) in [5.74, 6) is 0.748. The molecule has 0 saturated heterocycles. The molecular weight excluding hydrogens is 349 g/mol. The number of nitrogens with zero attached hydrogens (tertiary/aromatic N) is 5. The van der Waals surface area contributed by atoms with Gasteiger partial charge in [0.05, 0.1) is 17.6 Å². The van der Waals surface area contributed by atoms with E-state index in [1.54, 1.807) is 23.5 Å². The van der Waals surface area contributed by atoms with Crippen LogP contribution in [0.25, 0.3) is 11.0 Å². The minimum Gasteiger partial charge on any atom is -0.342 e. The van der Waals surface area contributed by atoms with Gasteiger partial charge < -0.3 is 9.47 Å². The van der Waals surface area contributed by atoms with Gasteiger partial charge in [-0.3, -0.25) is 0 Å². The van der Waals surface area contributed by atoms with Gasteiger partial charge in [-0.15, -0.1) is 10.2 Å². The lowest BCUT2D eigenvalue weighted by atomic mass is 10.2. The van der Waals surface area contributed by atoms with E-state index in [-0.39, 0.29) is 5.82 Å². The minimum atomic E-state index is -0.228. The van der Waals surface area contributed by atoms with Crippen LogP contribution in [0.5, 0.6) is 0 Å². The average molecular weight is 367 g/mol. The molecule has 2 aromatic heterocycles. The highest BCUT2D eigenvalue weighted by Crippen LogP contribution is 2.23. The largest absolute Gasteiger partial charge is 0.342 e. The zero-order valence-electron chi connectivity index (χ0n) is 14.6. The molecule has 0 unspecified atom stereocenters. The van der Waals surface area contributed by atoms with Crippen molar-refractivity contribution in [2.45, 2.75) is 13.0 Å². The van der Waals surface area contributed by atoms with Crippen molar-refractivity contribution in [3.8, 4) is 0 Å². The predicted molar refractivity (Wildman–Crippen MR) is 102 cm³/mol. The molecule has 0 bridgehead atoms. The number of rotatable bonds is 5. The van der Waals surface area contributed by atoms with Gasteiger partial charge in [0.2, 0.25) is 5.13 Å². The second-order valence-electron chi connectivity index (χ2n) is 6.21. The van der Waals surface area contributed by atoms with Crippen molar-refractivity contribution in [3.05, 3.63) is 70.7 Å². The molecule has 26 heavy (non-hydrogen) atoms. The lowest BCUT2D eigenvalue weighted by molar-refractivity contribution is 0.627. The van der Waals surface area contributed by atoms with Crippen molar-refractivity contribution in [1.82, 2.24) is 19.7 Å². The van der Waals surface area contributed by atoms with Gasteiger partial charge in [-0.05, 0) is 29.8 Å². The van der Waals surface area contributed by atoms with E-state index in [1.807, 2.05) is 37.2 Å². The number of anilines is 1. The van der Waals surface area contributed by atoms with Crippen LogP contribution in [0.2, 0.25) is 0 Å². The second kappa shape index (κ2) is 6.84. The Bertz CT molecular complexity index is 1040. The minimum absolute atomic E-state index is 0.228. The maximum absolute atomic E-state index is 13.0. The first-order valence-electron chi connectivity index (χ1n) is 8.28. The van der Waals surface area contributed by atoms with Gasteiger partial charge in [0.1, 0.15) is 16.6 Å². The first kappa shape index (κ1) is 16.7. The van der Waals surface area contributed by atoms with E-state index < -0.39 is 0 Å². The molecule has 2 aromatic carbocycles. The molecule has 0 aliphatic heterocycles. The number of hydrogen-bond acceptors (Lipinski definition) is 5. The Hall–Kier alpha value is -2.80. The first-order valence-corrected chi connectivity index (χ1v) is 9.10. The summed E-state index contributed by atoms with van der Waals surface area (Å²) in [4.78, 5) is 6.75. The Labute approximate surface area is 154 Å². The fourth-order valence-electron chi connectivity index (χ4n) is 2.86. The van der Waals surface area contributed by atoms with Gasteiger partial charge in [-0.25, -0.2) is 9.37 Å². The van der Waals surface area contributed by atoms with Crippen LogP contribution in [0, 0.1) is 5.82 Å². The quantitative estimate of drug-likeness (QED) is 0.538. The molecule has 7 heteroatoms. The molecule has 132 valence electrons. The topological polar surface area (TPSA) is 46.8 Å². The van der Waals surface area contributed by atoms with Crippen molar-refractivity contribution in [2.75, 3.05) is 11.9 Å². The van der Waals surface area contributed by atoms with E-state index in [0.29, 0.717) is 13.0 Å². The molecule has 0 amide bonds. The highest BCUT2D eigenvalue weighted by Gasteiger charge is 2.14. The fourth-order valence-corrected chi connectivity index (χ4v) is 3.70. The Morgan fingerprint density at radius 3 is 2.62 bits per heavy atom. The summed E-state index contributed by atoms with van der Waals surface area (Å²) in [6, 6.07) is 14.6.